The van der Waals surface area contributed by atoms with Crippen molar-refractivity contribution >= 4 is 26.6 Å². The van der Waals surface area contributed by atoms with Crippen molar-refractivity contribution in [1.82, 2.24) is 14.8 Å². The molecule has 0 radical (unpaired) electrons. The molecule has 3 rings (SSSR count). The van der Waals surface area contributed by atoms with Gasteiger partial charge >= 0.3 is 0 Å². The first-order valence-corrected chi connectivity index (χ1v) is 8.53. The van der Waals surface area contributed by atoms with Gasteiger partial charge in [-0.15, -0.1) is 0 Å². The van der Waals surface area contributed by atoms with Gasteiger partial charge in [-0.05, 0) is 25.8 Å². The maximum absolute atomic E-state index is 11.7. The van der Waals surface area contributed by atoms with Crippen molar-refractivity contribution in [3.63, 3.8) is 0 Å². The van der Waals surface area contributed by atoms with Crippen molar-refractivity contribution in [3.05, 3.63) is 18.0 Å². The zero-order valence-electron chi connectivity index (χ0n) is 11.6. The van der Waals surface area contributed by atoms with E-state index in [0.717, 1.165) is 35.3 Å². The van der Waals surface area contributed by atoms with E-state index in [0.29, 0.717) is 5.75 Å². The zero-order chi connectivity index (χ0) is 14.3. The molecule has 2 aromatic heterocycles. The lowest BCUT2D eigenvalue weighted by Crippen LogP contribution is -2.34. The second-order valence-electron chi connectivity index (χ2n) is 5.40. The van der Waals surface area contributed by atoms with Crippen LogP contribution in [0, 0.1) is 6.92 Å². The van der Waals surface area contributed by atoms with Gasteiger partial charge in [-0.3, -0.25) is 4.68 Å². The number of aryl methyl sites for hydroxylation is 2. The fraction of sp³-hybridized carbons (Fsp3) is 0.538. The largest absolute Gasteiger partial charge is 0.380 e. The van der Waals surface area contributed by atoms with Crippen molar-refractivity contribution in [2.75, 3.05) is 16.8 Å². The fourth-order valence-electron chi connectivity index (χ4n) is 2.76. The number of sulfone groups is 1. The predicted octanol–water partition coefficient (Wildman–Crippen LogP) is 1.27. The Morgan fingerprint density at radius 3 is 3.00 bits per heavy atom. The second-order valence-corrected chi connectivity index (χ2v) is 7.63. The van der Waals surface area contributed by atoms with Gasteiger partial charge in [0.05, 0.1) is 29.1 Å². The van der Waals surface area contributed by atoms with Crippen LogP contribution in [-0.4, -0.2) is 40.7 Å². The van der Waals surface area contributed by atoms with E-state index in [4.69, 9.17) is 0 Å². The minimum atomic E-state index is -2.90. The molecule has 0 bridgehead atoms. The molecule has 1 saturated heterocycles. The quantitative estimate of drug-likeness (QED) is 0.902. The van der Waals surface area contributed by atoms with E-state index in [1.807, 2.05) is 20.0 Å². The summed E-state index contributed by atoms with van der Waals surface area (Å²) < 4.78 is 25.1. The topological polar surface area (TPSA) is 76.9 Å². The summed E-state index contributed by atoms with van der Waals surface area (Å²) in [5.41, 5.74) is 2.62. The minimum absolute atomic E-state index is 0.0232. The van der Waals surface area contributed by atoms with Crippen molar-refractivity contribution in [2.24, 2.45) is 7.05 Å². The van der Waals surface area contributed by atoms with E-state index in [1.54, 1.807) is 10.9 Å². The average Bonchev–Trinajstić information content (AvgIpc) is 2.63. The Bertz CT molecular complexity index is 751. The Hall–Kier alpha value is -1.63. The number of nitrogens with zero attached hydrogens (tertiary/aromatic N) is 3. The van der Waals surface area contributed by atoms with Gasteiger partial charge in [0.15, 0.2) is 15.5 Å². The highest BCUT2D eigenvalue weighted by molar-refractivity contribution is 7.91. The summed E-state index contributed by atoms with van der Waals surface area (Å²) in [4.78, 5) is 4.39. The van der Waals surface area contributed by atoms with Crippen molar-refractivity contribution in [2.45, 2.75) is 25.8 Å². The van der Waals surface area contributed by atoms with Gasteiger partial charge in [0, 0.05) is 18.5 Å². The molecule has 0 saturated carbocycles. The lowest BCUT2D eigenvalue weighted by Gasteiger charge is -2.23. The Morgan fingerprint density at radius 1 is 1.45 bits per heavy atom. The number of fused-ring (bicyclic) bond motifs is 1. The highest BCUT2D eigenvalue weighted by Gasteiger charge is 2.24. The number of pyridine rings is 1. The molecule has 0 spiro atoms. The predicted molar refractivity (Wildman–Crippen MR) is 78.5 cm³/mol. The number of nitrogens with one attached hydrogen (secondary N) is 1. The molecule has 1 fully saturated rings. The molecule has 6 nitrogen and oxygen atoms in total. The summed E-state index contributed by atoms with van der Waals surface area (Å²) in [6.07, 6.45) is 3.34. The van der Waals surface area contributed by atoms with Crippen LogP contribution >= 0.6 is 0 Å². The molecule has 1 aliphatic heterocycles. The van der Waals surface area contributed by atoms with E-state index in [9.17, 15) is 8.42 Å². The Morgan fingerprint density at radius 2 is 2.25 bits per heavy atom. The molecular formula is C13H18N4O2S. The van der Waals surface area contributed by atoms with E-state index < -0.39 is 9.84 Å². The molecule has 3 heterocycles. The summed E-state index contributed by atoms with van der Waals surface area (Å²) in [6, 6.07) is 1.97. The van der Waals surface area contributed by atoms with Crippen LogP contribution in [0.1, 0.15) is 18.5 Å². The standard InChI is InChI=1S/C13H18N4O2S/c1-9-12-6-11(7-14-13(12)17(2)16-9)15-10-4-3-5-20(18,19)8-10/h6-7,10,15H,3-5,8H2,1-2H3. The lowest BCUT2D eigenvalue weighted by atomic mass is 10.1. The third-order valence-electron chi connectivity index (χ3n) is 3.70. The first-order valence-electron chi connectivity index (χ1n) is 6.71. The van der Waals surface area contributed by atoms with Crippen LogP contribution in [0.2, 0.25) is 0 Å². The molecule has 7 heteroatoms. The second kappa shape index (κ2) is 4.73. The SMILES string of the molecule is Cc1nn(C)c2ncc(NC3CCCS(=O)(=O)C3)cc12. The molecule has 108 valence electrons. The zero-order valence-corrected chi connectivity index (χ0v) is 12.4. The van der Waals surface area contributed by atoms with Crippen LogP contribution < -0.4 is 5.32 Å². The van der Waals surface area contributed by atoms with Crippen LogP contribution in [-0.2, 0) is 16.9 Å². The van der Waals surface area contributed by atoms with Gasteiger partial charge in [0.25, 0.3) is 0 Å². The summed E-state index contributed by atoms with van der Waals surface area (Å²) in [7, 11) is -1.03. The van der Waals surface area contributed by atoms with E-state index in [1.165, 1.54) is 0 Å². The van der Waals surface area contributed by atoms with Crippen LogP contribution in [0.3, 0.4) is 0 Å². The van der Waals surface area contributed by atoms with Crippen molar-refractivity contribution in [1.29, 1.82) is 0 Å². The summed E-state index contributed by atoms with van der Waals surface area (Å²) in [5.74, 6) is 0.515. The first kappa shape index (κ1) is 13.4. The Labute approximate surface area is 118 Å². The summed E-state index contributed by atoms with van der Waals surface area (Å²) in [5, 5.41) is 8.61. The fourth-order valence-corrected chi connectivity index (χ4v) is 4.40. The number of hydrogen-bond acceptors (Lipinski definition) is 5. The Kier molecular flexibility index (Phi) is 3.16. The van der Waals surface area contributed by atoms with E-state index >= 15 is 0 Å². The normalized spacial score (nSPS) is 22.0. The number of hydrogen-bond donors (Lipinski definition) is 1. The number of anilines is 1. The van der Waals surface area contributed by atoms with Crippen molar-refractivity contribution in [3.8, 4) is 0 Å². The van der Waals surface area contributed by atoms with Crippen LogP contribution in [0.5, 0.6) is 0 Å². The monoisotopic (exact) mass is 294 g/mol. The summed E-state index contributed by atoms with van der Waals surface area (Å²) >= 11 is 0. The molecule has 1 atom stereocenters. The molecular weight excluding hydrogens is 276 g/mol. The summed E-state index contributed by atoms with van der Waals surface area (Å²) in [6.45, 7) is 1.94. The maximum Gasteiger partial charge on any atom is 0.157 e. The molecule has 0 amide bonds. The van der Waals surface area contributed by atoms with Gasteiger partial charge < -0.3 is 5.32 Å². The van der Waals surface area contributed by atoms with Crippen molar-refractivity contribution < 1.29 is 8.42 Å². The van der Waals surface area contributed by atoms with Gasteiger partial charge in [0.1, 0.15) is 0 Å². The molecule has 1 aliphatic rings. The number of aromatic nitrogens is 3. The molecule has 1 unspecified atom stereocenters. The number of rotatable bonds is 2. The third kappa shape index (κ3) is 2.49. The van der Waals surface area contributed by atoms with Gasteiger partial charge in [-0.25, -0.2) is 13.4 Å². The molecule has 0 aliphatic carbocycles. The van der Waals surface area contributed by atoms with Crippen LogP contribution in [0.4, 0.5) is 5.69 Å². The molecule has 1 N–H and O–H groups in total. The van der Waals surface area contributed by atoms with E-state index in [2.05, 4.69) is 15.4 Å². The highest BCUT2D eigenvalue weighted by atomic mass is 32.2. The van der Waals surface area contributed by atoms with Gasteiger partial charge in [-0.2, -0.15) is 5.10 Å². The smallest absolute Gasteiger partial charge is 0.157 e. The average molecular weight is 294 g/mol. The molecule has 2 aromatic rings. The maximum atomic E-state index is 11.7. The van der Waals surface area contributed by atoms with Crippen LogP contribution in [0.15, 0.2) is 12.3 Å². The third-order valence-corrected chi connectivity index (χ3v) is 5.52. The van der Waals surface area contributed by atoms with Crippen LogP contribution in [0.25, 0.3) is 11.0 Å². The lowest BCUT2D eigenvalue weighted by molar-refractivity contribution is 0.562. The molecule has 0 aromatic carbocycles. The van der Waals surface area contributed by atoms with Gasteiger partial charge in [0.2, 0.25) is 0 Å². The van der Waals surface area contributed by atoms with E-state index in [-0.39, 0.29) is 11.8 Å². The van der Waals surface area contributed by atoms with Gasteiger partial charge in [-0.1, -0.05) is 0 Å². The molecule has 20 heavy (non-hydrogen) atoms. The Balaban J connectivity index is 1.86. The highest BCUT2D eigenvalue weighted by Crippen LogP contribution is 2.22. The first-order chi connectivity index (χ1) is 9.44. The minimum Gasteiger partial charge on any atom is -0.380 e.